The molecular formula is C18H21FN4O4S2. The Balaban J connectivity index is 1.55. The molecule has 8 nitrogen and oxygen atoms in total. The highest BCUT2D eigenvalue weighted by atomic mass is 32.2. The average Bonchev–Trinajstić information content (AvgIpc) is 3.05. The highest BCUT2D eigenvalue weighted by molar-refractivity contribution is 7.96. The van der Waals surface area contributed by atoms with Crippen LogP contribution in [-0.2, 0) is 19.7 Å². The van der Waals surface area contributed by atoms with Crippen molar-refractivity contribution in [3.63, 3.8) is 0 Å². The van der Waals surface area contributed by atoms with Crippen molar-refractivity contribution in [1.29, 1.82) is 0 Å². The van der Waals surface area contributed by atoms with Crippen molar-refractivity contribution >= 4 is 25.6 Å². The summed E-state index contributed by atoms with van der Waals surface area (Å²) in [6, 6.07) is 5.63. The quantitative estimate of drug-likeness (QED) is 0.629. The Morgan fingerprint density at radius 1 is 0.966 bits per heavy atom. The number of hydrogen-bond donors (Lipinski definition) is 0. The van der Waals surface area contributed by atoms with Gasteiger partial charge in [0.15, 0.2) is 19.7 Å². The van der Waals surface area contributed by atoms with E-state index in [1.807, 2.05) is 9.80 Å². The van der Waals surface area contributed by atoms with Gasteiger partial charge < -0.3 is 4.90 Å². The lowest BCUT2D eigenvalue weighted by Crippen LogP contribution is -2.55. The summed E-state index contributed by atoms with van der Waals surface area (Å²) in [5.41, 5.74) is 0. The van der Waals surface area contributed by atoms with Gasteiger partial charge in [0.2, 0.25) is 5.95 Å². The summed E-state index contributed by atoms with van der Waals surface area (Å²) in [6.07, 6.45) is 3.31. The van der Waals surface area contributed by atoms with Crippen molar-refractivity contribution in [3.05, 3.63) is 48.5 Å². The van der Waals surface area contributed by atoms with Gasteiger partial charge in [-0.05, 0) is 30.3 Å². The zero-order valence-electron chi connectivity index (χ0n) is 15.6. The number of benzene rings is 1. The van der Waals surface area contributed by atoms with Crippen LogP contribution in [0.1, 0.15) is 0 Å². The zero-order chi connectivity index (χ0) is 20.6. The Labute approximate surface area is 169 Å². The van der Waals surface area contributed by atoms with Crippen LogP contribution in [0.3, 0.4) is 0 Å². The predicted octanol–water partition coefficient (Wildman–Crippen LogP) is 0.377. The molecule has 2 aliphatic heterocycles. The number of hydrogen-bond acceptors (Lipinski definition) is 8. The number of aromatic nitrogens is 2. The fourth-order valence-electron chi connectivity index (χ4n) is 3.94. The maximum Gasteiger partial charge on any atom is 0.225 e. The van der Waals surface area contributed by atoms with Crippen LogP contribution in [-0.4, -0.2) is 80.7 Å². The number of piperazine rings is 1. The number of rotatable bonds is 4. The van der Waals surface area contributed by atoms with Gasteiger partial charge in [-0.3, -0.25) is 4.90 Å². The van der Waals surface area contributed by atoms with E-state index in [0.717, 1.165) is 12.1 Å². The molecule has 3 heterocycles. The minimum Gasteiger partial charge on any atom is -0.338 e. The molecule has 2 fully saturated rings. The van der Waals surface area contributed by atoms with Crippen LogP contribution in [0.25, 0.3) is 0 Å². The number of nitrogens with zero attached hydrogens (tertiary/aromatic N) is 4. The Bertz CT molecular complexity index is 1070. The molecular weight excluding hydrogens is 419 g/mol. The summed E-state index contributed by atoms with van der Waals surface area (Å²) in [5.74, 6) is -0.556. The highest BCUT2D eigenvalue weighted by Gasteiger charge is 2.48. The van der Waals surface area contributed by atoms with Crippen LogP contribution in [0, 0.1) is 5.82 Å². The molecule has 29 heavy (non-hydrogen) atoms. The molecule has 2 atom stereocenters. The maximum atomic E-state index is 13.2. The molecule has 1 aromatic carbocycles. The Morgan fingerprint density at radius 2 is 1.59 bits per heavy atom. The second-order valence-electron chi connectivity index (χ2n) is 7.25. The first-order chi connectivity index (χ1) is 13.8. The Morgan fingerprint density at radius 3 is 2.21 bits per heavy atom. The fourth-order valence-corrected chi connectivity index (χ4v) is 8.77. The zero-order valence-corrected chi connectivity index (χ0v) is 17.2. The highest BCUT2D eigenvalue weighted by Crippen LogP contribution is 2.30. The largest absolute Gasteiger partial charge is 0.338 e. The summed E-state index contributed by atoms with van der Waals surface area (Å²) in [5, 5.41) is -1.07. The minimum atomic E-state index is -3.92. The van der Waals surface area contributed by atoms with Crippen molar-refractivity contribution in [2.75, 3.05) is 42.6 Å². The SMILES string of the molecule is O=S1(=O)C[C@@H](N2CCN(c3ncccn3)CC2)[C@H](S(=O)(=O)c2ccc(F)cc2)C1. The lowest BCUT2D eigenvalue weighted by atomic mass is 10.2. The van der Waals surface area contributed by atoms with E-state index in [-0.39, 0.29) is 10.6 Å². The molecule has 0 spiro atoms. The van der Waals surface area contributed by atoms with Gasteiger partial charge in [0.05, 0.1) is 21.7 Å². The number of sulfone groups is 2. The van der Waals surface area contributed by atoms with Crippen molar-refractivity contribution in [2.45, 2.75) is 16.2 Å². The molecule has 0 bridgehead atoms. The number of halogens is 1. The summed E-state index contributed by atoms with van der Waals surface area (Å²) in [7, 11) is -7.41. The van der Waals surface area contributed by atoms with Gasteiger partial charge in [0.1, 0.15) is 5.82 Å². The lowest BCUT2D eigenvalue weighted by molar-refractivity contribution is 0.201. The van der Waals surface area contributed by atoms with Gasteiger partial charge >= 0.3 is 0 Å². The summed E-state index contributed by atoms with van der Waals surface area (Å²) >= 11 is 0. The van der Waals surface area contributed by atoms with Crippen LogP contribution in [0.2, 0.25) is 0 Å². The van der Waals surface area contributed by atoms with E-state index in [9.17, 15) is 21.2 Å². The topological polar surface area (TPSA) is 101 Å². The van der Waals surface area contributed by atoms with E-state index in [2.05, 4.69) is 9.97 Å². The minimum absolute atomic E-state index is 0.0534. The Kier molecular flexibility index (Phi) is 5.30. The van der Waals surface area contributed by atoms with Crippen LogP contribution in [0.4, 0.5) is 10.3 Å². The molecule has 2 saturated heterocycles. The second kappa shape index (κ2) is 7.62. The van der Waals surface area contributed by atoms with Crippen molar-refractivity contribution in [3.8, 4) is 0 Å². The molecule has 0 saturated carbocycles. The predicted molar refractivity (Wildman–Crippen MR) is 106 cm³/mol. The monoisotopic (exact) mass is 440 g/mol. The van der Waals surface area contributed by atoms with Crippen LogP contribution >= 0.6 is 0 Å². The normalized spacial score (nSPS) is 25.2. The van der Waals surface area contributed by atoms with Gasteiger partial charge in [-0.2, -0.15) is 0 Å². The van der Waals surface area contributed by atoms with Gasteiger partial charge in [0, 0.05) is 44.6 Å². The second-order valence-corrected chi connectivity index (χ2v) is 11.6. The summed E-state index contributed by atoms with van der Waals surface area (Å²) in [4.78, 5) is 12.3. The molecule has 0 amide bonds. The van der Waals surface area contributed by atoms with Crippen molar-refractivity contribution in [1.82, 2.24) is 14.9 Å². The van der Waals surface area contributed by atoms with E-state index in [0.29, 0.717) is 32.1 Å². The first-order valence-corrected chi connectivity index (χ1v) is 12.6. The van der Waals surface area contributed by atoms with Crippen molar-refractivity contribution in [2.24, 2.45) is 0 Å². The maximum absolute atomic E-state index is 13.2. The third-order valence-electron chi connectivity index (χ3n) is 5.43. The van der Waals surface area contributed by atoms with Gasteiger partial charge in [-0.25, -0.2) is 31.2 Å². The van der Waals surface area contributed by atoms with Crippen LogP contribution in [0.5, 0.6) is 0 Å². The molecule has 11 heteroatoms. The molecule has 0 aliphatic carbocycles. The first-order valence-electron chi connectivity index (χ1n) is 9.22. The van der Waals surface area contributed by atoms with Gasteiger partial charge in [0.25, 0.3) is 0 Å². The average molecular weight is 441 g/mol. The molecule has 2 aromatic rings. The Hall–Kier alpha value is -2.11. The van der Waals surface area contributed by atoms with E-state index < -0.39 is 42.5 Å². The van der Waals surface area contributed by atoms with Crippen LogP contribution in [0.15, 0.2) is 47.6 Å². The van der Waals surface area contributed by atoms with Crippen molar-refractivity contribution < 1.29 is 21.2 Å². The van der Waals surface area contributed by atoms with E-state index in [4.69, 9.17) is 0 Å². The molecule has 4 rings (SSSR count). The molecule has 0 N–H and O–H groups in total. The van der Waals surface area contributed by atoms with E-state index in [1.54, 1.807) is 18.5 Å². The molecule has 0 radical (unpaired) electrons. The molecule has 0 unspecified atom stereocenters. The molecule has 2 aliphatic rings. The summed E-state index contributed by atoms with van der Waals surface area (Å²) in [6.45, 7) is 2.16. The molecule has 1 aromatic heterocycles. The first kappa shape index (κ1) is 20.2. The molecule has 156 valence electrons. The summed E-state index contributed by atoms with van der Waals surface area (Å²) < 4.78 is 64.1. The third-order valence-corrected chi connectivity index (χ3v) is 9.57. The third kappa shape index (κ3) is 4.12. The van der Waals surface area contributed by atoms with Gasteiger partial charge in [-0.1, -0.05) is 0 Å². The lowest BCUT2D eigenvalue weighted by Gasteiger charge is -2.39. The van der Waals surface area contributed by atoms with E-state index in [1.165, 1.54) is 12.1 Å². The smallest absolute Gasteiger partial charge is 0.225 e. The van der Waals surface area contributed by atoms with Crippen LogP contribution < -0.4 is 4.90 Å². The standard InChI is InChI=1S/C18H21FN4O4S2/c19-14-2-4-15(5-3-14)29(26,27)17-13-28(24,25)12-16(17)22-8-10-23(11-9-22)18-20-6-1-7-21-18/h1-7,16-17H,8-13H2/t16-,17-/m1/s1. The van der Waals surface area contributed by atoms with Gasteiger partial charge in [-0.15, -0.1) is 0 Å². The van der Waals surface area contributed by atoms with E-state index >= 15 is 0 Å². The number of anilines is 1. The fraction of sp³-hybridized carbons (Fsp3) is 0.444.